The number of aromatic nitrogens is 4. The van der Waals surface area contributed by atoms with E-state index in [4.69, 9.17) is 16.3 Å². The zero-order chi connectivity index (χ0) is 14.1. The van der Waals surface area contributed by atoms with E-state index in [9.17, 15) is 4.79 Å². The average molecular weight is 289 g/mol. The fourth-order valence-corrected chi connectivity index (χ4v) is 2.04. The zero-order valence-corrected chi connectivity index (χ0v) is 11.2. The van der Waals surface area contributed by atoms with Crippen LogP contribution >= 0.6 is 11.6 Å². The van der Waals surface area contributed by atoms with Crippen molar-refractivity contribution >= 4 is 23.2 Å². The minimum absolute atomic E-state index is 0.314. The van der Waals surface area contributed by atoms with E-state index in [1.807, 2.05) is 0 Å². The summed E-state index contributed by atoms with van der Waals surface area (Å²) in [5.74, 6) is -0.0112. The Morgan fingerprint density at radius 2 is 2.00 bits per heavy atom. The van der Waals surface area contributed by atoms with E-state index in [1.54, 1.807) is 36.4 Å². The van der Waals surface area contributed by atoms with Crippen molar-refractivity contribution < 1.29 is 9.53 Å². The predicted molar refractivity (Wildman–Crippen MR) is 72.6 cm³/mol. The molecule has 0 N–H and O–H groups in total. The highest BCUT2D eigenvalue weighted by Crippen LogP contribution is 2.23. The second-order valence-corrected chi connectivity index (χ2v) is 4.37. The van der Waals surface area contributed by atoms with Crippen LogP contribution in [0.15, 0.2) is 36.4 Å². The molecule has 0 amide bonds. The van der Waals surface area contributed by atoms with Crippen LogP contribution in [0.4, 0.5) is 0 Å². The third kappa shape index (κ3) is 2.00. The molecule has 0 aliphatic heterocycles. The first-order chi connectivity index (χ1) is 9.70. The van der Waals surface area contributed by atoms with Gasteiger partial charge in [0.2, 0.25) is 0 Å². The zero-order valence-electron chi connectivity index (χ0n) is 10.4. The van der Waals surface area contributed by atoms with Crippen LogP contribution in [0.5, 0.6) is 0 Å². The Morgan fingerprint density at radius 3 is 2.80 bits per heavy atom. The summed E-state index contributed by atoms with van der Waals surface area (Å²) in [6, 6.07) is 10.3. The second kappa shape index (κ2) is 4.90. The predicted octanol–water partition coefficient (Wildman–Crippen LogP) is 2.23. The Labute approximate surface area is 119 Å². The number of fused-ring (bicyclic) bond motifs is 1. The Kier molecular flexibility index (Phi) is 3.08. The van der Waals surface area contributed by atoms with Crippen molar-refractivity contribution in [1.29, 1.82) is 0 Å². The molecule has 100 valence electrons. The van der Waals surface area contributed by atoms with Gasteiger partial charge in [0.1, 0.15) is 5.15 Å². The molecular formula is C13H9ClN4O2. The first-order valence-corrected chi connectivity index (χ1v) is 6.14. The third-order valence-electron chi connectivity index (χ3n) is 2.80. The van der Waals surface area contributed by atoms with Crippen LogP contribution in [0.3, 0.4) is 0 Å². The fraction of sp³-hybridized carbons (Fsp3) is 0.0769. The van der Waals surface area contributed by atoms with Crippen molar-refractivity contribution in [2.24, 2.45) is 0 Å². The van der Waals surface area contributed by atoms with E-state index in [2.05, 4.69) is 15.3 Å². The normalized spacial score (nSPS) is 10.7. The van der Waals surface area contributed by atoms with Crippen LogP contribution in [0, 0.1) is 0 Å². The van der Waals surface area contributed by atoms with Crippen LogP contribution in [-0.2, 0) is 4.74 Å². The van der Waals surface area contributed by atoms with Gasteiger partial charge in [-0.25, -0.2) is 4.79 Å². The van der Waals surface area contributed by atoms with Gasteiger partial charge in [-0.1, -0.05) is 29.8 Å². The molecule has 2 aromatic heterocycles. The number of nitrogens with zero attached hydrogens (tertiary/aromatic N) is 4. The molecule has 0 radical (unpaired) electrons. The van der Waals surface area contributed by atoms with Gasteiger partial charge in [0.05, 0.1) is 12.7 Å². The SMILES string of the molecule is COC(=O)c1ccccc1-c1nnc2ccc(Cl)nn12. The van der Waals surface area contributed by atoms with Gasteiger partial charge >= 0.3 is 5.97 Å². The minimum atomic E-state index is -0.445. The maximum absolute atomic E-state index is 11.8. The summed E-state index contributed by atoms with van der Waals surface area (Å²) in [4.78, 5) is 11.8. The molecule has 0 atom stereocenters. The summed E-state index contributed by atoms with van der Waals surface area (Å²) in [6.45, 7) is 0. The van der Waals surface area contributed by atoms with Gasteiger partial charge in [-0.15, -0.1) is 10.2 Å². The van der Waals surface area contributed by atoms with Crippen molar-refractivity contribution in [3.05, 3.63) is 47.1 Å². The van der Waals surface area contributed by atoms with Crippen molar-refractivity contribution in [2.75, 3.05) is 7.11 Å². The molecule has 20 heavy (non-hydrogen) atoms. The third-order valence-corrected chi connectivity index (χ3v) is 3.01. The molecule has 7 heteroatoms. The number of hydrogen-bond acceptors (Lipinski definition) is 5. The van der Waals surface area contributed by atoms with Crippen LogP contribution in [0.25, 0.3) is 17.0 Å². The van der Waals surface area contributed by atoms with E-state index in [1.165, 1.54) is 11.6 Å². The number of carbonyl (C=O) groups is 1. The molecule has 2 heterocycles. The van der Waals surface area contributed by atoms with E-state index < -0.39 is 5.97 Å². The maximum Gasteiger partial charge on any atom is 0.338 e. The number of rotatable bonds is 2. The molecule has 0 spiro atoms. The highest BCUT2D eigenvalue weighted by molar-refractivity contribution is 6.29. The standard InChI is InChI=1S/C13H9ClN4O2/c1-20-13(19)9-5-3-2-4-8(9)12-16-15-11-7-6-10(14)17-18(11)12/h2-7H,1H3. The molecule has 0 bridgehead atoms. The fourth-order valence-electron chi connectivity index (χ4n) is 1.90. The van der Waals surface area contributed by atoms with Crippen LogP contribution in [-0.4, -0.2) is 32.9 Å². The van der Waals surface area contributed by atoms with Crippen LogP contribution < -0.4 is 0 Å². The number of halogens is 1. The number of carbonyl (C=O) groups excluding carboxylic acids is 1. The number of methoxy groups -OCH3 is 1. The lowest BCUT2D eigenvalue weighted by Gasteiger charge is -2.05. The number of esters is 1. The Balaban J connectivity index is 2.26. The Hall–Kier alpha value is -2.47. The number of hydrogen-bond donors (Lipinski definition) is 0. The summed E-state index contributed by atoms with van der Waals surface area (Å²) in [7, 11) is 1.33. The van der Waals surface area contributed by atoms with Gasteiger partial charge in [-0.3, -0.25) is 0 Å². The lowest BCUT2D eigenvalue weighted by atomic mass is 10.1. The van der Waals surface area contributed by atoms with Gasteiger partial charge in [0.15, 0.2) is 11.5 Å². The monoisotopic (exact) mass is 288 g/mol. The van der Waals surface area contributed by atoms with Crippen molar-refractivity contribution in [3.63, 3.8) is 0 Å². The largest absolute Gasteiger partial charge is 0.465 e. The molecule has 0 saturated carbocycles. The summed E-state index contributed by atoms with van der Waals surface area (Å²) in [5, 5.41) is 12.5. The number of ether oxygens (including phenoxy) is 1. The summed E-state index contributed by atoms with van der Waals surface area (Å²) in [6.07, 6.45) is 0. The molecule has 0 aliphatic carbocycles. The highest BCUT2D eigenvalue weighted by atomic mass is 35.5. The van der Waals surface area contributed by atoms with Crippen LogP contribution in [0.1, 0.15) is 10.4 Å². The molecule has 6 nitrogen and oxygen atoms in total. The van der Waals surface area contributed by atoms with Gasteiger partial charge < -0.3 is 4.74 Å². The first-order valence-electron chi connectivity index (χ1n) is 5.76. The molecule has 0 aliphatic rings. The maximum atomic E-state index is 11.8. The summed E-state index contributed by atoms with van der Waals surface area (Å²) < 4.78 is 6.26. The van der Waals surface area contributed by atoms with E-state index in [0.29, 0.717) is 27.8 Å². The molecular weight excluding hydrogens is 280 g/mol. The molecule has 0 saturated heterocycles. The van der Waals surface area contributed by atoms with Crippen molar-refractivity contribution in [3.8, 4) is 11.4 Å². The van der Waals surface area contributed by atoms with E-state index >= 15 is 0 Å². The average Bonchev–Trinajstić information content (AvgIpc) is 2.89. The van der Waals surface area contributed by atoms with Gasteiger partial charge in [0, 0.05) is 5.56 Å². The summed E-state index contributed by atoms with van der Waals surface area (Å²) in [5.41, 5.74) is 1.52. The Morgan fingerprint density at radius 1 is 1.20 bits per heavy atom. The highest BCUT2D eigenvalue weighted by Gasteiger charge is 2.17. The molecule has 0 unspecified atom stereocenters. The van der Waals surface area contributed by atoms with Gasteiger partial charge in [-0.2, -0.15) is 9.61 Å². The van der Waals surface area contributed by atoms with Crippen molar-refractivity contribution in [1.82, 2.24) is 19.8 Å². The topological polar surface area (TPSA) is 69.4 Å². The molecule has 0 fully saturated rings. The van der Waals surface area contributed by atoms with E-state index in [-0.39, 0.29) is 0 Å². The molecule has 1 aromatic carbocycles. The first kappa shape index (κ1) is 12.6. The van der Waals surface area contributed by atoms with Gasteiger partial charge in [0.25, 0.3) is 0 Å². The lowest BCUT2D eigenvalue weighted by molar-refractivity contribution is 0.0601. The van der Waals surface area contributed by atoms with Gasteiger partial charge in [-0.05, 0) is 18.2 Å². The minimum Gasteiger partial charge on any atom is -0.465 e. The molecule has 3 aromatic rings. The second-order valence-electron chi connectivity index (χ2n) is 3.99. The smallest absolute Gasteiger partial charge is 0.338 e. The van der Waals surface area contributed by atoms with Crippen molar-refractivity contribution in [2.45, 2.75) is 0 Å². The quantitative estimate of drug-likeness (QED) is 0.676. The Bertz CT molecular complexity index is 800. The number of benzene rings is 1. The lowest BCUT2D eigenvalue weighted by Crippen LogP contribution is -2.05. The van der Waals surface area contributed by atoms with E-state index in [0.717, 1.165) is 0 Å². The summed E-state index contributed by atoms with van der Waals surface area (Å²) >= 11 is 5.89. The van der Waals surface area contributed by atoms with Crippen LogP contribution in [0.2, 0.25) is 5.15 Å². The molecule has 3 rings (SSSR count).